The molecule has 0 spiro atoms. The number of benzene rings is 1. The molecule has 0 unspecified atom stereocenters. The summed E-state index contributed by atoms with van der Waals surface area (Å²) in [4.78, 5) is 0. The topological polar surface area (TPSA) is 20.2 Å². The molecule has 0 amide bonds. The second-order valence-electron chi connectivity index (χ2n) is 6.71. The quantitative estimate of drug-likeness (QED) is 0.686. The third-order valence-electron chi connectivity index (χ3n) is 2.87. The number of phenolic OH excluding ortho intramolecular Hbond substituents is 1. The molecule has 0 aliphatic heterocycles. The van der Waals surface area contributed by atoms with Gasteiger partial charge in [-0.3, -0.25) is 0 Å². The number of hydrogen-bond acceptors (Lipinski definition) is 1. The zero-order chi connectivity index (χ0) is 12.7. The van der Waals surface area contributed by atoms with Crippen LogP contribution < -0.4 is 0 Å². The fourth-order valence-corrected chi connectivity index (χ4v) is 1.92. The molecule has 0 bridgehead atoms. The maximum absolute atomic E-state index is 10.4. The van der Waals surface area contributed by atoms with Crippen LogP contribution in [0.5, 0.6) is 5.75 Å². The van der Waals surface area contributed by atoms with Crippen LogP contribution in [0.15, 0.2) is 12.1 Å². The van der Waals surface area contributed by atoms with Gasteiger partial charge >= 0.3 is 0 Å². The first-order valence-electron chi connectivity index (χ1n) is 5.88. The summed E-state index contributed by atoms with van der Waals surface area (Å²) >= 11 is 0. The van der Waals surface area contributed by atoms with Gasteiger partial charge in [0.1, 0.15) is 5.75 Å². The van der Waals surface area contributed by atoms with Gasteiger partial charge in [0.05, 0.1) is 0 Å². The van der Waals surface area contributed by atoms with E-state index in [0.717, 1.165) is 11.1 Å². The van der Waals surface area contributed by atoms with E-state index in [0.29, 0.717) is 5.75 Å². The lowest BCUT2D eigenvalue weighted by molar-refractivity contribution is 0.423. The van der Waals surface area contributed by atoms with Crippen molar-refractivity contribution < 1.29 is 5.11 Å². The minimum atomic E-state index is -0.0178. The molecule has 2 radical (unpaired) electrons. The van der Waals surface area contributed by atoms with Crippen LogP contribution in [0.2, 0.25) is 0 Å². The molecule has 2 heteroatoms. The van der Waals surface area contributed by atoms with Gasteiger partial charge in [-0.1, -0.05) is 59.2 Å². The van der Waals surface area contributed by atoms with Crippen molar-refractivity contribution in [2.24, 2.45) is 0 Å². The van der Waals surface area contributed by atoms with Gasteiger partial charge in [-0.05, 0) is 28.9 Å². The van der Waals surface area contributed by atoms with Gasteiger partial charge in [0.15, 0.2) is 0 Å². The van der Waals surface area contributed by atoms with Gasteiger partial charge in [0.2, 0.25) is 0 Å². The van der Waals surface area contributed by atoms with E-state index >= 15 is 0 Å². The molecule has 0 heterocycles. The molecule has 0 aromatic heterocycles. The normalized spacial score (nSPS) is 12.2. The number of hydrogen-bond donors (Lipinski definition) is 1. The summed E-state index contributed by atoms with van der Waals surface area (Å²) in [5.74, 6) is 0.464. The highest BCUT2D eigenvalue weighted by Gasteiger charge is 2.25. The van der Waals surface area contributed by atoms with Crippen LogP contribution in [0.1, 0.15) is 58.2 Å². The Morgan fingerprint density at radius 3 is 1.35 bits per heavy atom. The van der Waals surface area contributed by atoms with Crippen molar-refractivity contribution in [2.75, 3.05) is 0 Å². The van der Waals surface area contributed by atoms with Crippen molar-refractivity contribution in [1.82, 2.24) is 0 Å². The SMILES string of the molecule is Cc1cc(C(C)(C)C)c(O)c(C(C)(C)C)c1.[Mg]. The predicted molar refractivity (Wildman–Crippen MR) is 76.0 cm³/mol. The minimum Gasteiger partial charge on any atom is -0.507 e. The summed E-state index contributed by atoms with van der Waals surface area (Å²) in [7, 11) is 0. The Bertz CT molecular complexity index is 359. The molecule has 0 fully saturated rings. The Labute approximate surface area is 122 Å². The summed E-state index contributed by atoms with van der Waals surface area (Å²) in [5, 5.41) is 10.4. The van der Waals surface area contributed by atoms with Crippen molar-refractivity contribution in [3.05, 3.63) is 28.8 Å². The molecule has 0 atom stereocenters. The molecule has 1 aromatic carbocycles. The largest absolute Gasteiger partial charge is 0.507 e. The number of aromatic hydroxyl groups is 1. The summed E-state index contributed by atoms with van der Waals surface area (Å²) < 4.78 is 0. The Morgan fingerprint density at radius 2 is 1.12 bits per heavy atom. The van der Waals surface area contributed by atoms with Gasteiger partial charge in [-0.25, -0.2) is 0 Å². The van der Waals surface area contributed by atoms with Crippen molar-refractivity contribution in [2.45, 2.75) is 59.3 Å². The van der Waals surface area contributed by atoms with Gasteiger partial charge in [-0.2, -0.15) is 0 Å². The first-order chi connectivity index (χ1) is 7.03. The maximum Gasteiger partial charge on any atom is 0.123 e. The average Bonchev–Trinajstić information content (AvgIpc) is 2.04. The molecule has 92 valence electrons. The second-order valence-corrected chi connectivity index (χ2v) is 6.71. The molecule has 1 rings (SSSR count). The third kappa shape index (κ3) is 3.89. The summed E-state index contributed by atoms with van der Waals surface area (Å²) in [6.07, 6.45) is 0. The lowest BCUT2D eigenvalue weighted by Gasteiger charge is -2.27. The van der Waals surface area contributed by atoms with Gasteiger partial charge in [0, 0.05) is 23.1 Å². The molecule has 0 aliphatic carbocycles. The molecule has 0 aliphatic rings. The van der Waals surface area contributed by atoms with Crippen molar-refractivity contribution in [1.29, 1.82) is 0 Å². The summed E-state index contributed by atoms with van der Waals surface area (Å²) in [6.45, 7) is 14.9. The first kappa shape index (κ1) is 16.8. The molecule has 1 N–H and O–H groups in total. The highest BCUT2D eigenvalue weighted by molar-refractivity contribution is 5.75. The lowest BCUT2D eigenvalue weighted by atomic mass is 9.78. The van der Waals surface area contributed by atoms with Gasteiger partial charge < -0.3 is 5.11 Å². The average molecular weight is 245 g/mol. The van der Waals surface area contributed by atoms with Gasteiger partial charge in [-0.15, -0.1) is 0 Å². The fourth-order valence-electron chi connectivity index (χ4n) is 1.92. The monoisotopic (exact) mass is 244 g/mol. The first-order valence-corrected chi connectivity index (χ1v) is 5.88. The molecule has 0 saturated heterocycles. The zero-order valence-electron chi connectivity index (χ0n) is 12.3. The van der Waals surface area contributed by atoms with Crippen LogP contribution in [0.3, 0.4) is 0 Å². The molecule has 17 heavy (non-hydrogen) atoms. The summed E-state index contributed by atoms with van der Waals surface area (Å²) in [5.41, 5.74) is 3.26. The van der Waals surface area contributed by atoms with Crippen LogP contribution in [-0.4, -0.2) is 28.2 Å². The molecule has 1 aromatic rings. The van der Waals surface area contributed by atoms with E-state index in [2.05, 4.69) is 60.6 Å². The Balaban J connectivity index is 0.00000256. The van der Waals surface area contributed by atoms with Crippen LogP contribution in [0.25, 0.3) is 0 Å². The Kier molecular flexibility index (Phi) is 5.13. The predicted octanol–water partition coefficient (Wildman–Crippen LogP) is 3.91. The Morgan fingerprint density at radius 1 is 0.824 bits per heavy atom. The van der Waals surface area contributed by atoms with E-state index in [1.54, 1.807) is 0 Å². The van der Waals surface area contributed by atoms with E-state index in [9.17, 15) is 5.11 Å². The third-order valence-corrected chi connectivity index (χ3v) is 2.87. The molecule has 1 nitrogen and oxygen atoms in total. The standard InChI is InChI=1S/C15H24O.Mg/c1-10-8-11(14(2,3)4)13(16)12(9-10)15(5,6)7;/h8-9,16H,1-7H3;. The zero-order valence-corrected chi connectivity index (χ0v) is 13.7. The van der Waals surface area contributed by atoms with Crippen molar-refractivity contribution >= 4 is 23.1 Å². The molecular weight excluding hydrogens is 220 g/mol. The summed E-state index contributed by atoms with van der Waals surface area (Å²) in [6, 6.07) is 4.18. The van der Waals surface area contributed by atoms with Crippen LogP contribution >= 0.6 is 0 Å². The van der Waals surface area contributed by atoms with Crippen LogP contribution in [-0.2, 0) is 10.8 Å². The van der Waals surface area contributed by atoms with Crippen LogP contribution in [0, 0.1) is 6.92 Å². The number of rotatable bonds is 0. The van der Waals surface area contributed by atoms with Gasteiger partial charge in [0.25, 0.3) is 0 Å². The highest BCUT2D eigenvalue weighted by Crippen LogP contribution is 2.39. The minimum absolute atomic E-state index is 0. The van der Waals surface area contributed by atoms with E-state index in [4.69, 9.17) is 0 Å². The maximum atomic E-state index is 10.4. The second kappa shape index (κ2) is 5.19. The molecule has 0 saturated carbocycles. The van der Waals surface area contributed by atoms with Crippen molar-refractivity contribution in [3.8, 4) is 5.75 Å². The highest BCUT2D eigenvalue weighted by atomic mass is 24.3. The Hall–Kier alpha value is -0.214. The fraction of sp³-hybridized carbons (Fsp3) is 0.600. The van der Waals surface area contributed by atoms with E-state index in [1.807, 2.05) is 0 Å². The smallest absolute Gasteiger partial charge is 0.123 e. The number of phenols is 1. The lowest BCUT2D eigenvalue weighted by Crippen LogP contribution is -2.17. The van der Waals surface area contributed by atoms with E-state index < -0.39 is 0 Å². The van der Waals surface area contributed by atoms with E-state index in [1.165, 1.54) is 5.56 Å². The van der Waals surface area contributed by atoms with Crippen molar-refractivity contribution in [3.63, 3.8) is 0 Å². The molecular formula is C15H24MgO. The number of aryl methyl sites for hydroxylation is 1. The van der Waals surface area contributed by atoms with Crippen LogP contribution in [0.4, 0.5) is 0 Å². The van der Waals surface area contributed by atoms with E-state index in [-0.39, 0.29) is 33.9 Å².